The molecule has 0 fully saturated rings. The molecule has 0 aliphatic carbocycles. The van der Waals surface area contributed by atoms with Crippen LogP contribution in [-0.4, -0.2) is 17.1 Å². The summed E-state index contributed by atoms with van der Waals surface area (Å²) in [5.41, 5.74) is 0. The summed E-state index contributed by atoms with van der Waals surface area (Å²) in [4.78, 5) is 0. The standard InChI is InChI=1S/C3H9OSi/c1-2-3-4-5/h1-3H2,5H3. The molecular formula is C3H9OSi. The van der Waals surface area contributed by atoms with E-state index in [0.29, 0.717) is 0 Å². The van der Waals surface area contributed by atoms with Gasteiger partial charge < -0.3 is 4.43 Å². The first kappa shape index (κ1) is 5.18. The van der Waals surface area contributed by atoms with Crippen molar-refractivity contribution >= 4 is 10.5 Å². The lowest BCUT2D eigenvalue weighted by atomic mass is 10.5. The van der Waals surface area contributed by atoms with E-state index in [9.17, 15) is 0 Å². The van der Waals surface area contributed by atoms with Crippen molar-refractivity contribution in [1.29, 1.82) is 0 Å². The summed E-state index contributed by atoms with van der Waals surface area (Å²) in [6.07, 6.45) is 0.906. The molecule has 0 N–H and O–H groups in total. The SMILES string of the molecule is [CH2]CCO[SiH3]. The molecule has 0 saturated heterocycles. The van der Waals surface area contributed by atoms with Crippen LogP contribution in [0.25, 0.3) is 0 Å². The lowest BCUT2D eigenvalue weighted by molar-refractivity contribution is 0.357. The van der Waals surface area contributed by atoms with Crippen LogP contribution in [0.15, 0.2) is 0 Å². The van der Waals surface area contributed by atoms with Gasteiger partial charge in [-0.15, -0.1) is 0 Å². The van der Waals surface area contributed by atoms with Gasteiger partial charge in [-0.1, -0.05) is 6.92 Å². The first-order chi connectivity index (χ1) is 2.41. The van der Waals surface area contributed by atoms with Crippen LogP contribution in [-0.2, 0) is 4.43 Å². The minimum absolute atomic E-state index is 0.840. The molecule has 0 heterocycles. The Hall–Kier alpha value is 0.177. The van der Waals surface area contributed by atoms with Gasteiger partial charge >= 0.3 is 0 Å². The van der Waals surface area contributed by atoms with Gasteiger partial charge in [-0.3, -0.25) is 0 Å². The van der Waals surface area contributed by atoms with E-state index in [1.165, 1.54) is 0 Å². The van der Waals surface area contributed by atoms with Crippen molar-refractivity contribution in [3.05, 3.63) is 6.92 Å². The molecule has 0 unspecified atom stereocenters. The molecule has 31 valence electrons. The van der Waals surface area contributed by atoms with Gasteiger partial charge in [0.25, 0.3) is 0 Å². The Morgan fingerprint density at radius 1 is 1.80 bits per heavy atom. The smallest absolute Gasteiger partial charge is 0.145 e. The van der Waals surface area contributed by atoms with E-state index < -0.39 is 0 Å². The molecule has 1 nitrogen and oxygen atoms in total. The molecule has 0 amide bonds. The highest BCUT2D eigenvalue weighted by molar-refractivity contribution is 5.97. The number of rotatable bonds is 2. The molecule has 0 spiro atoms. The van der Waals surface area contributed by atoms with Crippen LogP contribution < -0.4 is 0 Å². The van der Waals surface area contributed by atoms with E-state index in [1.807, 2.05) is 0 Å². The maximum Gasteiger partial charge on any atom is 0.145 e. The van der Waals surface area contributed by atoms with Gasteiger partial charge in [0.05, 0.1) is 0 Å². The normalized spacial score (nSPS) is 9.00. The second-order valence-corrected chi connectivity index (χ2v) is 1.42. The van der Waals surface area contributed by atoms with Crippen LogP contribution in [0.1, 0.15) is 6.42 Å². The monoisotopic (exact) mass is 89.0 g/mol. The summed E-state index contributed by atoms with van der Waals surface area (Å²) in [7, 11) is 0.859. The third-order valence-corrected chi connectivity index (χ3v) is 0.757. The summed E-state index contributed by atoms with van der Waals surface area (Å²) >= 11 is 0. The Morgan fingerprint density at radius 2 is 2.40 bits per heavy atom. The highest BCUT2D eigenvalue weighted by Gasteiger charge is 1.65. The minimum Gasteiger partial charge on any atom is -0.428 e. The zero-order valence-electron chi connectivity index (χ0n) is 3.53. The Kier molecular flexibility index (Phi) is 4.32. The first-order valence-corrected chi connectivity index (χ1v) is 2.51. The average Bonchev–Trinajstić information content (AvgIpc) is 1.41. The second kappa shape index (κ2) is 4.18. The van der Waals surface area contributed by atoms with Gasteiger partial charge in [0.1, 0.15) is 10.5 Å². The highest BCUT2D eigenvalue weighted by Crippen LogP contribution is 1.68. The van der Waals surface area contributed by atoms with E-state index in [0.717, 1.165) is 23.5 Å². The van der Waals surface area contributed by atoms with Crippen LogP contribution in [0.3, 0.4) is 0 Å². The Labute approximate surface area is 35.9 Å². The van der Waals surface area contributed by atoms with Gasteiger partial charge in [0, 0.05) is 6.61 Å². The number of hydrogen-bond acceptors (Lipinski definition) is 1. The fraction of sp³-hybridized carbons (Fsp3) is 0.667. The van der Waals surface area contributed by atoms with E-state index in [-0.39, 0.29) is 0 Å². The molecule has 0 saturated carbocycles. The van der Waals surface area contributed by atoms with Gasteiger partial charge in [0.15, 0.2) is 0 Å². The minimum atomic E-state index is 0.840. The lowest BCUT2D eigenvalue weighted by Gasteiger charge is -1.85. The van der Waals surface area contributed by atoms with Gasteiger partial charge in [-0.2, -0.15) is 0 Å². The van der Waals surface area contributed by atoms with E-state index in [1.54, 1.807) is 0 Å². The largest absolute Gasteiger partial charge is 0.428 e. The Bertz CT molecular complexity index is 14.4. The average molecular weight is 89.2 g/mol. The van der Waals surface area contributed by atoms with Crippen LogP contribution in [0.2, 0.25) is 0 Å². The predicted octanol–water partition coefficient (Wildman–Crippen LogP) is -0.492. The maximum absolute atomic E-state index is 4.77. The fourth-order valence-electron chi connectivity index (χ4n) is 0.144. The molecule has 0 aliphatic rings. The zero-order valence-corrected chi connectivity index (χ0v) is 5.53. The van der Waals surface area contributed by atoms with Crippen molar-refractivity contribution in [2.24, 2.45) is 0 Å². The summed E-state index contributed by atoms with van der Waals surface area (Å²) in [6.45, 7) is 4.41. The van der Waals surface area contributed by atoms with E-state index >= 15 is 0 Å². The van der Waals surface area contributed by atoms with Crippen LogP contribution in [0.4, 0.5) is 0 Å². The third-order valence-electron chi connectivity index (χ3n) is 0.348. The van der Waals surface area contributed by atoms with Crippen molar-refractivity contribution in [3.8, 4) is 0 Å². The Morgan fingerprint density at radius 3 is 2.40 bits per heavy atom. The Balaban J connectivity index is 2.19. The quantitative estimate of drug-likeness (QED) is 0.415. The zero-order chi connectivity index (χ0) is 4.12. The van der Waals surface area contributed by atoms with Crippen molar-refractivity contribution in [2.45, 2.75) is 6.42 Å². The van der Waals surface area contributed by atoms with E-state index in [2.05, 4.69) is 6.92 Å². The number of hydrogen-bond donors (Lipinski definition) is 0. The van der Waals surface area contributed by atoms with Crippen molar-refractivity contribution in [2.75, 3.05) is 6.61 Å². The molecule has 0 aliphatic heterocycles. The molecule has 0 aromatic rings. The van der Waals surface area contributed by atoms with Crippen molar-refractivity contribution in [3.63, 3.8) is 0 Å². The third kappa shape index (κ3) is 4.18. The van der Waals surface area contributed by atoms with Crippen molar-refractivity contribution < 1.29 is 4.43 Å². The molecule has 0 aromatic carbocycles. The van der Waals surface area contributed by atoms with Gasteiger partial charge in [-0.05, 0) is 6.42 Å². The summed E-state index contributed by atoms with van der Waals surface area (Å²) in [5, 5.41) is 0. The molecule has 0 atom stereocenters. The predicted molar refractivity (Wildman–Crippen MR) is 25.9 cm³/mol. The fourth-order valence-corrected chi connectivity index (χ4v) is 0.433. The molecular weight excluding hydrogens is 80.1 g/mol. The molecule has 0 aromatic heterocycles. The highest BCUT2D eigenvalue weighted by atomic mass is 28.2. The van der Waals surface area contributed by atoms with Crippen LogP contribution >= 0.6 is 0 Å². The molecule has 0 bridgehead atoms. The van der Waals surface area contributed by atoms with E-state index in [4.69, 9.17) is 4.43 Å². The summed E-state index contributed by atoms with van der Waals surface area (Å²) in [5.74, 6) is 0. The van der Waals surface area contributed by atoms with Crippen LogP contribution in [0.5, 0.6) is 0 Å². The first-order valence-electron chi connectivity index (χ1n) is 1.70. The molecule has 0 rings (SSSR count). The second-order valence-electron chi connectivity index (χ2n) is 0.846. The molecule has 1 radical (unpaired) electrons. The van der Waals surface area contributed by atoms with Crippen molar-refractivity contribution in [1.82, 2.24) is 0 Å². The maximum atomic E-state index is 4.77. The molecule has 5 heavy (non-hydrogen) atoms. The summed E-state index contributed by atoms with van der Waals surface area (Å²) < 4.78 is 4.77. The lowest BCUT2D eigenvalue weighted by Crippen LogP contribution is -1.83. The summed E-state index contributed by atoms with van der Waals surface area (Å²) in [6, 6.07) is 0. The topological polar surface area (TPSA) is 9.23 Å². The van der Waals surface area contributed by atoms with Gasteiger partial charge in [-0.25, -0.2) is 0 Å². The molecule has 2 heteroatoms. The van der Waals surface area contributed by atoms with Gasteiger partial charge in [0.2, 0.25) is 0 Å². The van der Waals surface area contributed by atoms with Crippen LogP contribution in [0, 0.1) is 6.92 Å².